The van der Waals surface area contributed by atoms with Gasteiger partial charge in [-0.25, -0.2) is 0 Å². The highest BCUT2D eigenvalue weighted by Crippen LogP contribution is 2.07. The molecule has 0 aromatic heterocycles. The van der Waals surface area contributed by atoms with E-state index in [1.165, 1.54) is 0 Å². The Kier molecular flexibility index (Phi) is 4.15. The quantitative estimate of drug-likeness (QED) is 0.667. The summed E-state index contributed by atoms with van der Waals surface area (Å²) in [6, 6.07) is 0.0141. The number of rotatable bonds is 2. The van der Waals surface area contributed by atoms with Gasteiger partial charge in [0.05, 0.1) is 19.3 Å². The van der Waals surface area contributed by atoms with Crippen LogP contribution >= 0.6 is 0 Å². The number of carbonyl (C=O) groups excluding carboxylic acids is 1. The fourth-order valence-corrected chi connectivity index (χ4v) is 2.27. The first kappa shape index (κ1) is 11.8. The van der Waals surface area contributed by atoms with Crippen LogP contribution < -0.4 is 5.32 Å². The second-order valence-corrected chi connectivity index (χ2v) is 4.40. The van der Waals surface area contributed by atoms with Crippen molar-refractivity contribution in [1.29, 1.82) is 0 Å². The standard InChI is InChI=1S/C11H21N3O2/c1-10(13-4-2-12-3-5-13)11(15)14-6-8-16-9-7-14/h10,12H,2-9H2,1H3/t10-/m1/s1. The smallest absolute Gasteiger partial charge is 0.239 e. The molecule has 5 heteroatoms. The third-order valence-electron chi connectivity index (χ3n) is 3.38. The maximum atomic E-state index is 12.2. The molecular formula is C11H21N3O2. The largest absolute Gasteiger partial charge is 0.378 e. The van der Waals surface area contributed by atoms with Crippen LogP contribution in [0.25, 0.3) is 0 Å². The molecule has 2 aliphatic rings. The first-order valence-corrected chi connectivity index (χ1v) is 6.10. The number of nitrogens with zero attached hydrogens (tertiary/aromatic N) is 2. The molecule has 2 heterocycles. The summed E-state index contributed by atoms with van der Waals surface area (Å²) < 4.78 is 5.26. The number of hydrogen-bond donors (Lipinski definition) is 1. The molecule has 16 heavy (non-hydrogen) atoms. The predicted molar refractivity (Wildman–Crippen MR) is 61.3 cm³/mol. The normalized spacial score (nSPS) is 25.4. The number of piperazine rings is 1. The summed E-state index contributed by atoms with van der Waals surface area (Å²) in [7, 11) is 0. The average molecular weight is 227 g/mol. The first-order chi connectivity index (χ1) is 7.79. The number of carbonyl (C=O) groups is 1. The van der Waals surface area contributed by atoms with Crippen molar-refractivity contribution in [3.8, 4) is 0 Å². The topological polar surface area (TPSA) is 44.8 Å². The van der Waals surface area contributed by atoms with Gasteiger partial charge in [0.25, 0.3) is 0 Å². The molecular weight excluding hydrogens is 206 g/mol. The molecule has 5 nitrogen and oxygen atoms in total. The highest BCUT2D eigenvalue weighted by atomic mass is 16.5. The predicted octanol–water partition coefficient (Wildman–Crippen LogP) is -0.861. The van der Waals surface area contributed by atoms with E-state index in [1.807, 2.05) is 11.8 Å². The van der Waals surface area contributed by atoms with E-state index >= 15 is 0 Å². The molecule has 0 aromatic carbocycles. The molecule has 1 atom stereocenters. The molecule has 2 rings (SSSR count). The lowest BCUT2D eigenvalue weighted by Gasteiger charge is -2.36. The minimum atomic E-state index is 0.0141. The SMILES string of the molecule is C[C@H](C(=O)N1CCOCC1)N1CCNCC1. The van der Waals surface area contributed by atoms with E-state index in [4.69, 9.17) is 4.74 Å². The van der Waals surface area contributed by atoms with Crippen molar-refractivity contribution >= 4 is 5.91 Å². The van der Waals surface area contributed by atoms with E-state index < -0.39 is 0 Å². The van der Waals surface area contributed by atoms with Gasteiger partial charge in [0.1, 0.15) is 0 Å². The molecule has 0 bridgehead atoms. The molecule has 2 saturated heterocycles. The van der Waals surface area contributed by atoms with E-state index in [9.17, 15) is 4.79 Å². The van der Waals surface area contributed by atoms with Gasteiger partial charge in [-0.15, -0.1) is 0 Å². The highest BCUT2D eigenvalue weighted by molar-refractivity contribution is 5.81. The number of morpholine rings is 1. The van der Waals surface area contributed by atoms with Gasteiger partial charge in [-0.05, 0) is 6.92 Å². The summed E-state index contributed by atoms with van der Waals surface area (Å²) >= 11 is 0. The zero-order chi connectivity index (χ0) is 11.4. The van der Waals surface area contributed by atoms with Crippen LogP contribution in [0.15, 0.2) is 0 Å². The number of amides is 1. The molecule has 0 radical (unpaired) electrons. The molecule has 1 N–H and O–H groups in total. The van der Waals surface area contributed by atoms with E-state index in [1.54, 1.807) is 0 Å². The zero-order valence-electron chi connectivity index (χ0n) is 9.95. The van der Waals surface area contributed by atoms with Gasteiger partial charge < -0.3 is 15.0 Å². The fraction of sp³-hybridized carbons (Fsp3) is 0.909. The van der Waals surface area contributed by atoms with Crippen molar-refractivity contribution in [3.63, 3.8) is 0 Å². The Labute approximate surface area is 96.7 Å². The van der Waals surface area contributed by atoms with Gasteiger partial charge in [0.2, 0.25) is 5.91 Å². The molecule has 2 aliphatic heterocycles. The van der Waals surface area contributed by atoms with Crippen LogP contribution in [0.1, 0.15) is 6.92 Å². The summed E-state index contributed by atoms with van der Waals surface area (Å²) in [5, 5.41) is 3.30. The Hall–Kier alpha value is -0.650. The lowest BCUT2D eigenvalue weighted by atomic mass is 10.2. The van der Waals surface area contributed by atoms with E-state index in [2.05, 4.69) is 10.2 Å². The van der Waals surface area contributed by atoms with Crippen LogP contribution in [0, 0.1) is 0 Å². The van der Waals surface area contributed by atoms with Gasteiger partial charge in [0, 0.05) is 39.3 Å². The zero-order valence-corrected chi connectivity index (χ0v) is 9.95. The Morgan fingerprint density at radius 2 is 1.81 bits per heavy atom. The maximum absolute atomic E-state index is 12.2. The summed E-state index contributed by atoms with van der Waals surface area (Å²) in [5.74, 6) is 0.255. The maximum Gasteiger partial charge on any atom is 0.239 e. The van der Waals surface area contributed by atoms with E-state index in [-0.39, 0.29) is 11.9 Å². The molecule has 1 amide bonds. The molecule has 0 aliphatic carbocycles. The number of ether oxygens (including phenoxy) is 1. The fourth-order valence-electron chi connectivity index (χ4n) is 2.27. The third-order valence-corrected chi connectivity index (χ3v) is 3.38. The van der Waals surface area contributed by atoms with Gasteiger partial charge >= 0.3 is 0 Å². The molecule has 0 unspecified atom stereocenters. The van der Waals surface area contributed by atoms with Gasteiger partial charge in [-0.2, -0.15) is 0 Å². The van der Waals surface area contributed by atoms with Crippen molar-refractivity contribution in [1.82, 2.24) is 15.1 Å². The van der Waals surface area contributed by atoms with Gasteiger partial charge in [0.15, 0.2) is 0 Å². The van der Waals surface area contributed by atoms with Crippen LogP contribution in [0.4, 0.5) is 0 Å². The van der Waals surface area contributed by atoms with Crippen LogP contribution in [-0.4, -0.2) is 74.2 Å². The van der Waals surface area contributed by atoms with Crippen LogP contribution in [0.5, 0.6) is 0 Å². The summed E-state index contributed by atoms with van der Waals surface area (Å²) in [5.41, 5.74) is 0. The average Bonchev–Trinajstić information content (AvgIpc) is 2.39. The molecule has 2 fully saturated rings. The monoisotopic (exact) mass is 227 g/mol. The number of hydrogen-bond acceptors (Lipinski definition) is 4. The third kappa shape index (κ3) is 2.72. The molecule has 92 valence electrons. The number of nitrogens with one attached hydrogen (secondary N) is 1. The van der Waals surface area contributed by atoms with Crippen molar-refractivity contribution in [3.05, 3.63) is 0 Å². The minimum absolute atomic E-state index is 0.0141. The second-order valence-electron chi connectivity index (χ2n) is 4.40. The van der Waals surface area contributed by atoms with Crippen molar-refractivity contribution < 1.29 is 9.53 Å². The van der Waals surface area contributed by atoms with Crippen molar-refractivity contribution in [2.75, 3.05) is 52.5 Å². The Morgan fingerprint density at radius 1 is 1.19 bits per heavy atom. The lowest BCUT2D eigenvalue weighted by molar-refractivity contribution is -0.140. The summed E-state index contributed by atoms with van der Waals surface area (Å²) in [6.45, 7) is 8.78. The Bertz CT molecular complexity index is 235. The second kappa shape index (κ2) is 5.61. The van der Waals surface area contributed by atoms with Gasteiger partial charge in [-0.3, -0.25) is 9.69 Å². The van der Waals surface area contributed by atoms with Crippen LogP contribution in [0.2, 0.25) is 0 Å². The van der Waals surface area contributed by atoms with Crippen LogP contribution in [-0.2, 0) is 9.53 Å². The Morgan fingerprint density at radius 3 is 2.44 bits per heavy atom. The lowest BCUT2D eigenvalue weighted by Crippen LogP contribution is -2.55. The Balaban J connectivity index is 1.86. The molecule has 0 saturated carbocycles. The highest BCUT2D eigenvalue weighted by Gasteiger charge is 2.27. The van der Waals surface area contributed by atoms with Crippen molar-refractivity contribution in [2.45, 2.75) is 13.0 Å². The van der Waals surface area contributed by atoms with Gasteiger partial charge in [-0.1, -0.05) is 0 Å². The van der Waals surface area contributed by atoms with E-state index in [0.29, 0.717) is 13.2 Å². The first-order valence-electron chi connectivity index (χ1n) is 6.10. The summed E-state index contributed by atoms with van der Waals surface area (Å²) in [6.07, 6.45) is 0. The summed E-state index contributed by atoms with van der Waals surface area (Å²) in [4.78, 5) is 16.4. The molecule has 0 spiro atoms. The van der Waals surface area contributed by atoms with Crippen molar-refractivity contribution in [2.24, 2.45) is 0 Å². The molecule has 0 aromatic rings. The van der Waals surface area contributed by atoms with Crippen LogP contribution in [0.3, 0.4) is 0 Å². The minimum Gasteiger partial charge on any atom is -0.378 e. The van der Waals surface area contributed by atoms with E-state index in [0.717, 1.165) is 39.3 Å².